The third-order valence-electron chi connectivity index (χ3n) is 6.35. The summed E-state index contributed by atoms with van der Waals surface area (Å²) in [5.74, 6) is -0.770. The molecule has 0 aliphatic carbocycles. The van der Waals surface area contributed by atoms with Crippen molar-refractivity contribution in [2.45, 2.75) is 25.4 Å². The van der Waals surface area contributed by atoms with Gasteiger partial charge in [0.05, 0.1) is 29.6 Å². The fraction of sp³-hybridized carbons (Fsp3) is 0.286. The van der Waals surface area contributed by atoms with E-state index in [1.807, 2.05) is 30.3 Å². The van der Waals surface area contributed by atoms with E-state index in [2.05, 4.69) is 11.5 Å². The highest BCUT2D eigenvalue weighted by molar-refractivity contribution is 7.12. The summed E-state index contributed by atoms with van der Waals surface area (Å²) in [4.78, 5) is 42.0. The van der Waals surface area contributed by atoms with Gasteiger partial charge in [0, 0.05) is 25.6 Å². The summed E-state index contributed by atoms with van der Waals surface area (Å²) in [6.07, 6.45) is 2.71. The lowest BCUT2D eigenvalue weighted by atomic mass is 10.0. The highest BCUT2D eigenvalue weighted by Gasteiger charge is 2.34. The molecule has 0 spiro atoms. The van der Waals surface area contributed by atoms with E-state index in [0.717, 1.165) is 5.56 Å². The summed E-state index contributed by atoms with van der Waals surface area (Å²) in [6, 6.07) is 17.1. The molecular formula is C28H28ClN5O4S. The van der Waals surface area contributed by atoms with Crippen LogP contribution in [0.4, 0.5) is 0 Å². The predicted molar refractivity (Wildman–Crippen MR) is 148 cm³/mol. The maximum Gasteiger partial charge on any atom is 0.264 e. The minimum absolute atomic E-state index is 0.0531. The van der Waals surface area contributed by atoms with Crippen LogP contribution in [0.15, 0.2) is 66.0 Å². The number of hydrogen-bond donors (Lipinski definition) is 1. The topological polar surface area (TPSA) is 106 Å². The maximum atomic E-state index is 13.9. The quantitative estimate of drug-likeness (QED) is 0.473. The smallest absolute Gasteiger partial charge is 0.264 e. The first-order valence-corrected chi connectivity index (χ1v) is 13.6. The Morgan fingerprint density at radius 1 is 1.15 bits per heavy atom. The Hall–Kier alpha value is -4.07. The average Bonchev–Trinajstić information content (AvgIpc) is 3.49. The van der Waals surface area contributed by atoms with Gasteiger partial charge in [0.2, 0.25) is 5.91 Å². The van der Waals surface area contributed by atoms with Gasteiger partial charge >= 0.3 is 0 Å². The van der Waals surface area contributed by atoms with E-state index in [4.69, 9.17) is 16.3 Å². The molecule has 2 heterocycles. The molecule has 1 aliphatic heterocycles. The van der Waals surface area contributed by atoms with Crippen molar-refractivity contribution in [2.24, 2.45) is 0 Å². The minimum Gasteiger partial charge on any atom is -0.492 e. The summed E-state index contributed by atoms with van der Waals surface area (Å²) in [5, 5.41) is 17.2. The lowest BCUT2D eigenvalue weighted by Crippen LogP contribution is -2.56. The van der Waals surface area contributed by atoms with Crippen LogP contribution in [-0.4, -0.2) is 65.4 Å². The van der Waals surface area contributed by atoms with Gasteiger partial charge in [-0.3, -0.25) is 14.4 Å². The van der Waals surface area contributed by atoms with Gasteiger partial charge in [-0.1, -0.05) is 60.1 Å². The van der Waals surface area contributed by atoms with Crippen LogP contribution in [-0.2, 0) is 22.6 Å². The zero-order valence-corrected chi connectivity index (χ0v) is 23.0. The lowest BCUT2D eigenvalue weighted by molar-refractivity contribution is -0.153. The number of nitriles is 1. The number of ether oxygens (including phenoxy) is 1. The third kappa shape index (κ3) is 6.88. The third-order valence-corrected chi connectivity index (χ3v) is 7.52. The number of rotatable bonds is 5. The van der Waals surface area contributed by atoms with E-state index < -0.39 is 17.9 Å². The van der Waals surface area contributed by atoms with Crippen molar-refractivity contribution >= 4 is 40.7 Å². The normalized spacial score (nSPS) is 16.3. The fourth-order valence-corrected chi connectivity index (χ4v) is 5.22. The molecule has 0 radical (unpaired) electrons. The van der Waals surface area contributed by atoms with Crippen LogP contribution in [0, 0.1) is 11.5 Å². The number of para-hydroxylation sites is 1. The molecule has 0 bridgehead atoms. The number of nitrogens with one attached hydrogen (secondary N) is 1. The number of carbonyl (C=O) groups excluding carboxylic acids is 3. The molecule has 202 valence electrons. The summed E-state index contributed by atoms with van der Waals surface area (Å²) in [5.41, 5.74) is 1.52. The first-order valence-electron chi connectivity index (χ1n) is 12.4. The second kappa shape index (κ2) is 13.1. The maximum absolute atomic E-state index is 13.9. The number of likely N-dealkylation sites (N-methyl/N-ethyl adjacent to an activating group) is 1. The lowest BCUT2D eigenvalue weighted by Gasteiger charge is -2.37. The molecule has 9 nitrogen and oxygen atoms in total. The van der Waals surface area contributed by atoms with E-state index in [1.165, 1.54) is 33.3 Å². The van der Waals surface area contributed by atoms with Crippen LogP contribution < -0.4 is 10.1 Å². The van der Waals surface area contributed by atoms with E-state index in [1.54, 1.807) is 35.7 Å². The van der Waals surface area contributed by atoms with Crippen molar-refractivity contribution in [1.29, 1.82) is 5.26 Å². The van der Waals surface area contributed by atoms with Gasteiger partial charge in [0.1, 0.15) is 11.8 Å². The van der Waals surface area contributed by atoms with Crippen molar-refractivity contribution < 1.29 is 19.1 Å². The number of amides is 3. The summed E-state index contributed by atoms with van der Waals surface area (Å²) < 4.78 is 6.00. The molecule has 1 aliphatic rings. The highest BCUT2D eigenvalue weighted by atomic mass is 35.5. The molecule has 3 aromatic rings. The van der Waals surface area contributed by atoms with Crippen LogP contribution in [0.25, 0.3) is 0 Å². The van der Waals surface area contributed by atoms with Gasteiger partial charge in [-0.15, -0.1) is 11.3 Å². The van der Waals surface area contributed by atoms with Gasteiger partial charge < -0.3 is 15.0 Å². The number of carbonyl (C=O) groups is 3. The van der Waals surface area contributed by atoms with Crippen molar-refractivity contribution in [3.8, 4) is 11.9 Å². The van der Waals surface area contributed by atoms with Crippen molar-refractivity contribution in [3.05, 3.63) is 87.1 Å². The van der Waals surface area contributed by atoms with E-state index >= 15 is 0 Å². The fourth-order valence-electron chi connectivity index (χ4n) is 4.33. The first kappa shape index (κ1) is 28.0. The molecule has 11 heteroatoms. The van der Waals surface area contributed by atoms with Crippen molar-refractivity contribution in [2.75, 3.05) is 26.7 Å². The highest BCUT2D eigenvalue weighted by Crippen LogP contribution is 2.30. The Bertz CT molecular complexity index is 1350. The van der Waals surface area contributed by atoms with Gasteiger partial charge in [0.25, 0.3) is 11.8 Å². The monoisotopic (exact) mass is 565 g/mol. The summed E-state index contributed by atoms with van der Waals surface area (Å²) in [6.45, 7) is 0.196. The second-order valence-electron chi connectivity index (χ2n) is 8.90. The zero-order chi connectivity index (χ0) is 27.8. The largest absolute Gasteiger partial charge is 0.492 e. The van der Waals surface area contributed by atoms with E-state index in [0.29, 0.717) is 27.6 Å². The molecule has 1 N–H and O–H groups in total. The molecule has 4 rings (SSSR count). The Kier molecular flexibility index (Phi) is 9.41. The molecule has 1 aromatic heterocycles. The predicted octanol–water partition coefficient (Wildman–Crippen LogP) is 3.71. The number of nitrogens with zero attached hydrogens (tertiary/aromatic N) is 4. The zero-order valence-electron chi connectivity index (χ0n) is 21.4. The molecule has 0 unspecified atom stereocenters. The van der Waals surface area contributed by atoms with Crippen molar-refractivity contribution in [1.82, 2.24) is 20.2 Å². The van der Waals surface area contributed by atoms with E-state index in [-0.39, 0.29) is 38.6 Å². The molecule has 1 atom stereocenters. The molecule has 39 heavy (non-hydrogen) atoms. The number of halogens is 1. The van der Waals surface area contributed by atoms with Gasteiger partial charge in [-0.05, 0) is 29.5 Å². The van der Waals surface area contributed by atoms with E-state index in [9.17, 15) is 19.6 Å². The van der Waals surface area contributed by atoms with Gasteiger partial charge in [-0.25, -0.2) is 10.0 Å². The molecule has 2 aromatic carbocycles. The molecular weight excluding hydrogens is 538 g/mol. The SMILES string of the molecule is CN1C(=O)[C@H](Cc2ccccc2)N(C(=O)CNC(=O)c2cccs2)CCCOc2c(Cl)cccc2CN1C#N. The van der Waals surface area contributed by atoms with Crippen LogP contribution >= 0.6 is 22.9 Å². The standard InChI is InChI=1S/C28H28ClN5O4S/c1-32-28(37)23(16-20-8-3-2-4-9-20)34(25(35)17-31-27(36)24-12-6-15-39-24)13-7-14-38-26-21(18-33(32)19-30)10-5-11-22(26)29/h2-6,8-12,15,23H,7,13-14,16-18H2,1H3,(H,31,36)/t23-/m0/s1. The van der Waals surface area contributed by atoms with Gasteiger partial charge in [0.15, 0.2) is 6.19 Å². The van der Waals surface area contributed by atoms with Crippen molar-refractivity contribution in [3.63, 3.8) is 0 Å². The molecule has 3 amide bonds. The average molecular weight is 566 g/mol. The Balaban J connectivity index is 1.65. The van der Waals surface area contributed by atoms with Crippen LogP contribution in [0.5, 0.6) is 5.75 Å². The van der Waals surface area contributed by atoms with Gasteiger partial charge in [-0.2, -0.15) is 5.26 Å². The number of hydrogen-bond acceptors (Lipinski definition) is 7. The minimum atomic E-state index is -0.919. The van der Waals surface area contributed by atoms with Crippen LogP contribution in [0.2, 0.25) is 5.02 Å². The number of thiophene rings is 1. The Labute approximate surface area is 236 Å². The molecule has 0 saturated carbocycles. The van der Waals surface area contributed by atoms with Crippen LogP contribution in [0.3, 0.4) is 0 Å². The number of fused-ring (bicyclic) bond motifs is 1. The summed E-state index contributed by atoms with van der Waals surface area (Å²) in [7, 11) is 1.50. The van der Waals surface area contributed by atoms with Crippen LogP contribution in [0.1, 0.15) is 27.2 Å². The summed E-state index contributed by atoms with van der Waals surface area (Å²) >= 11 is 7.66. The molecule has 0 fully saturated rings. The number of hydrazine groups is 1. The first-order chi connectivity index (χ1) is 18.9. The Morgan fingerprint density at radius 2 is 1.95 bits per heavy atom. The second-order valence-corrected chi connectivity index (χ2v) is 10.3. The molecule has 0 saturated heterocycles. The Morgan fingerprint density at radius 3 is 2.67 bits per heavy atom. The number of benzene rings is 2.